The Morgan fingerprint density at radius 3 is 2.54 bits per heavy atom. The summed E-state index contributed by atoms with van der Waals surface area (Å²) >= 11 is 0. The lowest BCUT2D eigenvalue weighted by molar-refractivity contribution is 0.0930. The number of nitrogens with one attached hydrogen (secondary N) is 1. The predicted octanol–water partition coefficient (Wildman–Crippen LogP) is 4.28. The predicted molar refractivity (Wildman–Crippen MR) is 91.6 cm³/mol. The number of ether oxygens (including phenoxy) is 1. The van der Waals surface area contributed by atoms with Crippen molar-refractivity contribution in [2.24, 2.45) is 5.92 Å². The summed E-state index contributed by atoms with van der Waals surface area (Å²) in [5, 5.41) is 3.09. The van der Waals surface area contributed by atoms with Crippen molar-refractivity contribution in [1.29, 1.82) is 0 Å². The third kappa shape index (κ3) is 3.75. The van der Waals surface area contributed by atoms with E-state index in [0.29, 0.717) is 23.8 Å². The first-order valence-corrected chi connectivity index (χ1v) is 8.30. The maximum atomic E-state index is 13.1. The van der Waals surface area contributed by atoms with E-state index in [1.165, 1.54) is 12.1 Å². The first-order valence-electron chi connectivity index (χ1n) is 8.30. The minimum absolute atomic E-state index is 0.133. The fraction of sp³-hybridized carbons (Fsp3) is 0.350. The zero-order valence-electron chi connectivity index (χ0n) is 14.0. The number of hydrogen-bond acceptors (Lipinski definition) is 2. The van der Waals surface area contributed by atoms with Crippen LogP contribution in [0.2, 0.25) is 0 Å². The molecular weight excluding hydrogens is 305 g/mol. The molecule has 1 fully saturated rings. The number of halogens is 1. The summed E-state index contributed by atoms with van der Waals surface area (Å²) in [6.45, 7) is 4.77. The summed E-state index contributed by atoms with van der Waals surface area (Å²) in [6.07, 6.45) is 1.74. The second-order valence-electron chi connectivity index (χ2n) is 6.78. The fourth-order valence-electron chi connectivity index (χ4n) is 2.66. The average molecular weight is 327 g/mol. The largest absolute Gasteiger partial charge is 0.493 e. The van der Waals surface area contributed by atoms with Gasteiger partial charge >= 0.3 is 0 Å². The monoisotopic (exact) mass is 327 g/mol. The highest BCUT2D eigenvalue weighted by atomic mass is 19.1. The van der Waals surface area contributed by atoms with Crippen molar-refractivity contribution in [2.75, 3.05) is 6.61 Å². The minimum Gasteiger partial charge on any atom is -0.493 e. The first-order chi connectivity index (χ1) is 11.5. The van der Waals surface area contributed by atoms with Gasteiger partial charge < -0.3 is 10.1 Å². The number of carbonyl (C=O) groups excluding carboxylic acids is 1. The van der Waals surface area contributed by atoms with Crippen LogP contribution < -0.4 is 10.1 Å². The highest BCUT2D eigenvalue weighted by Crippen LogP contribution is 2.45. The van der Waals surface area contributed by atoms with Gasteiger partial charge in [-0.1, -0.05) is 32.0 Å². The van der Waals surface area contributed by atoms with E-state index in [0.717, 1.165) is 18.4 Å². The van der Waals surface area contributed by atoms with Gasteiger partial charge in [-0.05, 0) is 54.7 Å². The number of hydrogen-bond donors (Lipinski definition) is 1. The summed E-state index contributed by atoms with van der Waals surface area (Å²) in [6, 6.07) is 13.6. The Bertz CT molecular complexity index is 721. The number of amides is 1. The van der Waals surface area contributed by atoms with Gasteiger partial charge in [0.05, 0.1) is 12.1 Å². The molecule has 0 aliphatic heterocycles. The molecule has 4 heteroatoms. The summed E-state index contributed by atoms with van der Waals surface area (Å²) in [4.78, 5) is 12.6. The van der Waals surface area contributed by atoms with Gasteiger partial charge in [0.15, 0.2) is 0 Å². The van der Waals surface area contributed by atoms with Crippen molar-refractivity contribution in [2.45, 2.75) is 32.2 Å². The topological polar surface area (TPSA) is 38.3 Å². The molecule has 0 radical (unpaired) electrons. The molecule has 0 heterocycles. The van der Waals surface area contributed by atoms with Crippen LogP contribution in [0, 0.1) is 11.7 Å². The molecule has 2 aromatic rings. The Morgan fingerprint density at radius 2 is 1.92 bits per heavy atom. The van der Waals surface area contributed by atoms with E-state index in [9.17, 15) is 9.18 Å². The second-order valence-corrected chi connectivity index (χ2v) is 6.78. The van der Waals surface area contributed by atoms with Crippen LogP contribution in [0.15, 0.2) is 48.5 Å². The van der Waals surface area contributed by atoms with E-state index in [1.807, 2.05) is 12.1 Å². The van der Waals surface area contributed by atoms with E-state index in [1.54, 1.807) is 24.3 Å². The Morgan fingerprint density at radius 1 is 1.21 bits per heavy atom. The van der Waals surface area contributed by atoms with Crippen molar-refractivity contribution in [3.8, 4) is 5.75 Å². The van der Waals surface area contributed by atoms with Gasteiger partial charge in [-0.15, -0.1) is 0 Å². The molecule has 3 nitrogen and oxygen atoms in total. The van der Waals surface area contributed by atoms with E-state index >= 15 is 0 Å². The minimum atomic E-state index is -0.362. The van der Waals surface area contributed by atoms with E-state index in [2.05, 4.69) is 19.2 Å². The molecule has 0 atom stereocenters. The second kappa shape index (κ2) is 6.63. The Kier molecular flexibility index (Phi) is 4.56. The Balaban J connectivity index is 1.71. The molecule has 3 rings (SSSR count). The van der Waals surface area contributed by atoms with Gasteiger partial charge in [-0.25, -0.2) is 4.39 Å². The highest BCUT2D eigenvalue weighted by Gasteiger charge is 2.45. The van der Waals surface area contributed by atoms with E-state index in [4.69, 9.17) is 4.74 Å². The average Bonchev–Trinajstić information content (AvgIpc) is 3.34. The molecule has 1 amide bonds. The Labute approximate surface area is 141 Å². The zero-order chi connectivity index (χ0) is 17.2. The molecule has 0 spiro atoms. The molecule has 0 unspecified atom stereocenters. The maximum Gasteiger partial charge on any atom is 0.252 e. The molecule has 1 saturated carbocycles. The summed E-state index contributed by atoms with van der Waals surface area (Å²) in [7, 11) is 0. The Hall–Kier alpha value is -2.36. The lowest BCUT2D eigenvalue weighted by atomic mass is 10.0. The zero-order valence-corrected chi connectivity index (χ0v) is 14.0. The van der Waals surface area contributed by atoms with Crippen molar-refractivity contribution >= 4 is 5.91 Å². The van der Waals surface area contributed by atoms with Crippen LogP contribution in [0.1, 0.15) is 42.6 Å². The number of benzene rings is 2. The summed E-state index contributed by atoms with van der Waals surface area (Å²) in [5.74, 6) is 0.723. The first kappa shape index (κ1) is 16.5. The van der Waals surface area contributed by atoms with Crippen LogP contribution in [-0.2, 0) is 5.54 Å². The van der Waals surface area contributed by atoms with Gasteiger partial charge in [0.25, 0.3) is 5.91 Å². The SMILES string of the molecule is CC(C)COc1cccc(C(=O)NC2(c3ccc(F)cc3)CC2)c1. The third-order valence-electron chi connectivity index (χ3n) is 4.18. The van der Waals surface area contributed by atoms with Crippen molar-refractivity contribution in [3.05, 3.63) is 65.5 Å². The smallest absolute Gasteiger partial charge is 0.252 e. The van der Waals surface area contributed by atoms with Gasteiger partial charge in [0.2, 0.25) is 0 Å². The lowest BCUT2D eigenvalue weighted by Gasteiger charge is -2.18. The van der Waals surface area contributed by atoms with Gasteiger partial charge in [-0.2, -0.15) is 0 Å². The van der Waals surface area contributed by atoms with Crippen molar-refractivity contribution < 1.29 is 13.9 Å². The molecule has 0 aromatic heterocycles. The van der Waals surface area contributed by atoms with E-state index in [-0.39, 0.29) is 17.3 Å². The highest BCUT2D eigenvalue weighted by molar-refractivity contribution is 5.95. The van der Waals surface area contributed by atoms with Crippen LogP contribution in [0.5, 0.6) is 5.75 Å². The molecule has 1 aliphatic carbocycles. The molecule has 24 heavy (non-hydrogen) atoms. The molecule has 2 aromatic carbocycles. The molecular formula is C20H22FNO2. The molecule has 0 bridgehead atoms. The van der Waals surface area contributed by atoms with Crippen LogP contribution in [0.25, 0.3) is 0 Å². The summed E-state index contributed by atoms with van der Waals surface area (Å²) < 4.78 is 18.8. The van der Waals surface area contributed by atoms with E-state index < -0.39 is 0 Å². The van der Waals surface area contributed by atoms with Gasteiger partial charge in [0, 0.05) is 5.56 Å². The normalized spacial score (nSPS) is 15.2. The van der Waals surface area contributed by atoms with Crippen LogP contribution >= 0.6 is 0 Å². The van der Waals surface area contributed by atoms with Crippen LogP contribution in [-0.4, -0.2) is 12.5 Å². The maximum absolute atomic E-state index is 13.1. The van der Waals surface area contributed by atoms with Crippen LogP contribution in [0.4, 0.5) is 4.39 Å². The van der Waals surface area contributed by atoms with Crippen molar-refractivity contribution in [3.63, 3.8) is 0 Å². The van der Waals surface area contributed by atoms with Crippen molar-refractivity contribution in [1.82, 2.24) is 5.32 Å². The van der Waals surface area contributed by atoms with Crippen LogP contribution in [0.3, 0.4) is 0 Å². The number of carbonyl (C=O) groups is 1. The molecule has 1 N–H and O–H groups in total. The molecule has 0 saturated heterocycles. The summed E-state index contributed by atoms with van der Waals surface area (Å²) in [5.41, 5.74) is 1.16. The van der Waals surface area contributed by atoms with Gasteiger partial charge in [0.1, 0.15) is 11.6 Å². The lowest BCUT2D eigenvalue weighted by Crippen LogP contribution is -2.34. The quantitative estimate of drug-likeness (QED) is 0.860. The molecule has 1 aliphatic rings. The standard InChI is InChI=1S/C20H22FNO2/c1-14(2)13-24-18-5-3-4-15(12-18)19(23)22-20(10-11-20)16-6-8-17(21)9-7-16/h3-9,12,14H,10-11,13H2,1-2H3,(H,22,23). The van der Waals surface area contributed by atoms with Gasteiger partial charge in [-0.3, -0.25) is 4.79 Å². The third-order valence-corrected chi connectivity index (χ3v) is 4.18. The fourth-order valence-corrected chi connectivity index (χ4v) is 2.66. The number of rotatable bonds is 6. The molecule has 126 valence electrons.